The van der Waals surface area contributed by atoms with E-state index in [0.29, 0.717) is 51.6 Å². The van der Waals surface area contributed by atoms with Gasteiger partial charge in [0.2, 0.25) is 17.7 Å². The van der Waals surface area contributed by atoms with Crippen LogP contribution < -0.4 is 5.32 Å². The van der Waals surface area contributed by atoms with Gasteiger partial charge in [-0.15, -0.1) is 13.2 Å². The molecule has 0 aromatic heterocycles. The highest BCUT2D eigenvalue weighted by molar-refractivity contribution is 5.98. The Kier molecular flexibility index (Phi) is 12.1. The molecule has 10 nitrogen and oxygen atoms in total. The Morgan fingerprint density at radius 1 is 1.10 bits per heavy atom. The molecule has 262 valence electrons. The van der Waals surface area contributed by atoms with Crippen LogP contribution >= 0.6 is 0 Å². The van der Waals surface area contributed by atoms with Crippen LogP contribution in [0.1, 0.15) is 95.6 Å². The maximum Gasteiger partial charge on any atom is 0.313 e. The number of carbonyl (C=O) groups excluding carboxylic acids is 4. The first-order chi connectivity index (χ1) is 23.3. The minimum atomic E-state index is -1.12. The van der Waals surface area contributed by atoms with E-state index in [-0.39, 0.29) is 36.8 Å². The van der Waals surface area contributed by atoms with E-state index in [4.69, 9.17) is 9.47 Å². The van der Waals surface area contributed by atoms with Crippen molar-refractivity contribution in [2.45, 2.75) is 120 Å². The molecule has 4 fully saturated rings. The maximum atomic E-state index is 14.7. The second-order valence-corrected chi connectivity index (χ2v) is 13.9. The van der Waals surface area contributed by atoms with Crippen LogP contribution in [-0.2, 0) is 28.7 Å². The third-order valence-corrected chi connectivity index (χ3v) is 10.8. The highest BCUT2D eigenvalue weighted by Gasteiger charge is 2.75. The van der Waals surface area contributed by atoms with E-state index < -0.39 is 47.7 Å². The molecule has 4 aliphatic rings. The molecule has 0 radical (unpaired) electrons. The number of aliphatic hydroxyl groups excluding tert-OH is 1. The van der Waals surface area contributed by atoms with Gasteiger partial charge < -0.3 is 29.7 Å². The summed E-state index contributed by atoms with van der Waals surface area (Å²) in [6, 6.07) is 7.97. The van der Waals surface area contributed by atoms with Crippen LogP contribution in [0.2, 0.25) is 0 Å². The van der Waals surface area contributed by atoms with Gasteiger partial charge in [-0.3, -0.25) is 19.2 Å². The van der Waals surface area contributed by atoms with Gasteiger partial charge in [-0.2, -0.15) is 0 Å². The average molecular weight is 664 g/mol. The second kappa shape index (κ2) is 16.3. The van der Waals surface area contributed by atoms with Crippen LogP contribution in [0.25, 0.3) is 0 Å². The number of unbranched alkanes of at least 4 members (excludes halogenated alkanes) is 2. The number of amides is 3. The fourth-order valence-electron chi connectivity index (χ4n) is 8.56. The molecule has 48 heavy (non-hydrogen) atoms. The molecule has 2 bridgehead atoms. The maximum absolute atomic E-state index is 14.7. The Morgan fingerprint density at radius 2 is 1.85 bits per heavy atom. The zero-order chi connectivity index (χ0) is 34.3. The largest absolute Gasteiger partial charge is 0.455 e. The SMILES string of the molecule is C=CCCC(=O)N[C@H](C)[C@@H](OC(=O)[C@@H]1[C@@H]2CC[C@]3(O2)[C@H](C(=O)N(CC=C)C2CCCCC2)N(CCCCCO)C(=O)[C@@H]13)c1ccccc1. The normalized spacial score (nSPS) is 27.6. The fraction of sp³-hybridized carbons (Fsp3) is 0.632. The molecule has 1 saturated carbocycles. The zero-order valence-corrected chi connectivity index (χ0v) is 28.4. The monoisotopic (exact) mass is 663 g/mol. The number of hydrogen-bond donors (Lipinski definition) is 2. The molecule has 1 aliphatic carbocycles. The molecule has 1 aromatic rings. The van der Waals surface area contributed by atoms with Crippen molar-refractivity contribution >= 4 is 23.7 Å². The van der Waals surface area contributed by atoms with Gasteiger partial charge in [-0.25, -0.2) is 0 Å². The van der Waals surface area contributed by atoms with E-state index in [2.05, 4.69) is 18.5 Å². The number of nitrogens with one attached hydrogen (secondary N) is 1. The molecule has 3 amide bonds. The van der Waals surface area contributed by atoms with Crippen molar-refractivity contribution in [3.05, 3.63) is 61.2 Å². The number of nitrogens with zero attached hydrogens (tertiary/aromatic N) is 2. The first-order valence-electron chi connectivity index (χ1n) is 17.9. The number of likely N-dealkylation sites (tertiary alicyclic amines) is 1. The summed E-state index contributed by atoms with van der Waals surface area (Å²) < 4.78 is 13.0. The third-order valence-electron chi connectivity index (χ3n) is 10.8. The predicted octanol–water partition coefficient (Wildman–Crippen LogP) is 4.63. The summed E-state index contributed by atoms with van der Waals surface area (Å²) in [5, 5.41) is 12.3. The molecular weight excluding hydrogens is 610 g/mol. The summed E-state index contributed by atoms with van der Waals surface area (Å²) in [5.74, 6) is -2.82. The minimum Gasteiger partial charge on any atom is -0.455 e. The molecule has 3 heterocycles. The van der Waals surface area contributed by atoms with E-state index in [9.17, 15) is 24.3 Å². The Balaban J connectivity index is 1.44. The van der Waals surface area contributed by atoms with Crippen LogP contribution in [0, 0.1) is 11.8 Å². The number of hydrogen-bond acceptors (Lipinski definition) is 7. The quantitative estimate of drug-likeness (QED) is 0.142. The van der Waals surface area contributed by atoms with Crippen molar-refractivity contribution in [1.82, 2.24) is 15.1 Å². The van der Waals surface area contributed by atoms with Gasteiger partial charge in [0.25, 0.3) is 0 Å². The molecule has 5 rings (SSSR count). The Labute approximate surface area is 284 Å². The van der Waals surface area contributed by atoms with Crippen LogP contribution in [0.3, 0.4) is 0 Å². The molecule has 3 aliphatic heterocycles. The van der Waals surface area contributed by atoms with Gasteiger partial charge in [0.15, 0.2) is 0 Å². The summed E-state index contributed by atoms with van der Waals surface area (Å²) in [7, 11) is 0. The average Bonchev–Trinajstić information content (AvgIpc) is 3.74. The number of rotatable bonds is 17. The van der Waals surface area contributed by atoms with E-state index in [1.165, 1.54) is 0 Å². The van der Waals surface area contributed by atoms with Crippen molar-refractivity contribution in [2.24, 2.45) is 11.8 Å². The molecule has 1 spiro atoms. The minimum absolute atomic E-state index is 0.0616. The van der Waals surface area contributed by atoms with E-state index >= 15 is 0 Å². The lowest BCUT2D eigenvalue weighted by molar-refractivity contribution is -0.162. The van der Waals surface area contributed by atoms with Gasteiger partial charge in [0, 0.05) is 32.2 Å². The smallest absolute Gasteiger partial charge is 0.313 e. The summed E-state index contributed by atoms with van der Waals surface area (Å²) in [6.07, 6.45) is 11.0. The van der Waals surface area contributed by atoms with Gasteiger partial charge in [0.05, 0.1) is 24.0 Å². The van der Waals surface area contributed by atoms with Gasteiger partial charge in [0.1, 0.15) is 17.7 Å². The lowest BCUT2D eigenvalue weighted by atomic mass is 9.70. The molecule has 2 N–H and O–H groups in total. The van der Waals surface area contributed by atoms with Crippen molar-refractivity contribution in [3.63, 3.8) is 0 Å². The Bertz CT molecular complexity index is 1310. The highest BCUT2D eigenvalue weighted by Crippen LogP contribution is 2.59. The van der Waals surface area contributed by atoms with Gasteiger partial charge >= 0.3 is 5.97 Å². The highest BCUT2D eigenvalue weighted by atomic mass is 16.6. The van der Waals surface area contributed by atoms with E-state index in [0.717, 1.165) is 37.7 Å². The lowest BCUT2D eigenvalue weighted by Gasteiger charge is -2.40. The number of esters is 1. The number of benzene rings is 1. The Morgan fingerprint density at radius 3 is 2.54 bits per heavy atom. The van der Waals surface area contributed by atoms with Crippen LogP contribution in [0.5, 0.6) is 0 Å². The first-order valence-corrected chi connectivity index (χ1v) is 17.9. The summed E-state index contributed by atoms with van der Waals surface area (Å²) in [4.78, 5) is 59.7. The van der Waals surface area contributed by atoms with Crippen molar-refractivity contribution < 1.29 is 33.8 Å². The molecular formula is C38H53N3O7. The van der Waals surface area contributed by atoms with Crippen molar-refractivity contribution in [3.8, 4) is 0 Å². The van der Waals surface area contributed by atoms with Gasteiger partial charge in [-0.05, 0) is 63.9 Å². The Hall–Kier alpha value is -3.50. The molecule has 3 saturated heterocycles. The standard InChI is InChI=1S/C38H53N3O7/c1-4-6-20-30(43)39-26(3)33(27-16-10-7-11-17-27)47-37(46)31-29-21-22-38(48-29)32(31)35(44)41(24-14-9-15-25-42)34(38)36(45)40(23-5-2)28-18-12-8-13-19-28/h4-5,7,10-11,16-17,26,28-29,31-34,42H,1-2,6,8-9,12-15,18-25H2,3H3,(H,39,43)/t26-,29+,31-,32-,33-,34+,38-/m1/s1. The van der Waals surface area contributed by atoms with E-state index in [1.54, 1.807) is 24.0 Å². The van der Waals surface area contributed by atoms with Crippen LogP contribution in [0.4, 0.5) is 0 Å². The van der Waals surface area contributed by atoms with Gasteiger partial charge in [-0.1, -0.05) is 61.7 Å². The van der Waals surface area contributed by atoms with Crippen molar-refractivity contribution in [1.29, 1.82) is 0 Å². The zero-order valence-electron chi connectivity index (χ0n) is 28.4. The molecule has 7 atom stereocenters. The number of carbonyl (C=O) groups is 4. The summed E-state index contributed by atoms with van der Waals surface area (Å²) in [5.41, 5.74) is -0.398. The van der Waals surface area contributed by atoms with Crippen LogP contribution in [0.15, 0.2) is 55.6 Å². The number of ether oxygens (including phenoxy) is 2. The molecule has 10 heteroatoms. The fourth-order valence-corrected chi connectivity index (χ4v) is 8.56. The first kappa shape index (κ1) is 35.8. The summed E-state index contributed by atoms with van der Waals surface area (Å²) >= 11 is 0. The number of fused-ring (bicyclic) bond motifs is 1. The van der Waals surface area contributed by atoms with E-state index in [1.807, 2.05) is 35.2 Å². The lowest BCUT2D eigenvalue weighted by Crippen LogP contribution is -2.58. The predicted molar refractivity (Wildman–Crippen MR) is 181 cm³/mol. The van der Waals surface area contributed by atoms with Crippen LogP contribution in [-0.4, -0.2) is 88.1 Å². The number of aliphatic hydroxyl groups is 1. The third kappa shape index (κ3) is 7.25. The topological polar surface area (TPSA) is 125 Å². The molecule has 0 unspecified atom stereocenters. The second-order valence-electron chi connectivity index (χ2n) is 13.9. The summed E-state index contributed by atoms with van der Waals surface area (Å²) in [6.45, 7) is 10.2. The molecule has 1 aromatic carbocycles. The van der Waals surface area contributed by atoms with Crippen molar-refractivity contribution in [2.75, 3.05) is 19.7 Å². The number of allylic oxidation sites excluding steroid dienone is 1.